The molecule has 0 bridgehead atoms. The lowest BCUT2D eigenvalue weighted by Crippen LogP contribution is -2.18. The molecule has 1 aromatic heterocycles. The Kier molecular flexibility index (Phi) is 7.89. The Balaban J connectivity index is 1.87. The highest BCUT2D eigenvalue weighted by Gasteiger charge is 2.23. The fraction of sp³-hybridized carbons (Fsp3) is 0.292. The van der Waals surface area contributed by atoms with Gasteiger partial charge in [-0.25, -0.2) is 4.98 Å². The molecule has 0 aliphatic carbocycles. The molecule has 168 valence electrons. The topological polar surface area (TPSA) is 133 Å². The lowest BCUT2D eigenvalue weighted by molar-refractivity contribution is -0.118. The summed E-state index contributed by atoms with van der Waals surface area (Å²) in [6, 6.07) is 15.6. The van der Waals surface area contributed by atoms with Crippen LogP contribution in [0.5, 0.6) is 0 Å². The minimum Gasteiger partial charge on any atom is -0.383 e. The number of carbonyl (C=O) groups is 1. The summed E-state index contributed by atoms with van der Waals surface area (Å²) < 4.78 is 0. The van der Waals surface area contributed by atoms with E-state index in [0.29, 0.717) is 28.6 Å². The number of nitrogens with one attached hydrogen (secondary N) is 1. The molecule has 1 heterocycles. The van der Waals surface area contributed by atoms with E-state index in [1.807, 2.05) is 48.5 Å². The van der Waals surface area contributed by atoms with Gasteiger partial charge in [0.2, 0.25) is 11.9 Å². The Morgan fingerprint density at radius 2 is 1.75 bits per heavy atom. The number of aromatic nitrogens is 2. The number of nitrogens with zero attached hydrogens (tertiary/aromatic N) is 2. The minimum absolute atomic E-state index is 0.0912. The molecule has 32 heavy (non-hydrogen) atoms. The number of benzene rings is 2. The van der Waals surface area contributed by atoms with E-state index in [4.69, 9.17) is 28.8 Å². The van der Waals surface area contributed by atoms with Crippen molar-refractivity contribution in [3.63, 3.8) is 0 Å². The summed E-state index contributed by atoms with van der Waals surface area (Å²) in [5.74, 6) is -0.166. The van der Waals surface area contributed by atoms with Gasteiger partial charge in [0, 0.05) is 35.2 Å². The van der Waals surface area contributed by atoms with Crippen molar-refractivity contribution in [3.8, 4) is 11.1 Å². The first-order valence-electron chi connectivity index (χ1n) is 10.7. The van der Waals surface area contributed by atoms with Crippen LogP contribution in [-0.2, 0) is 11.3 Å². The van der Waals surface area contributed by atoms with Gasteiger partial charge in [-0.1, -0.05) is 55.6 Å². The Morgan fingerprint density at radius 3 is 2.38 bits per heavy atom. The van der Waals surface area contributed by atoms with Crippen LogP contribution in [0.4, 0.5) is 17.5 Å². The number of hydrogen-bond acceptors (Lipinski definition) is 6. The van der Waals surface area contributed by atoms with E-state index in [2.05, 4.69) is 22.2 Å². The maximum Gasteiger partial charge on any atom is 0.222 e. The average molecular weight is 453 g/mol. The van der Waals surface area contributed by atoms with Gasteiger partial charge in [0.1, 0.15) is 5.82 Å². The van der Waals surface area contributed by atoms with E-state index in [0.717, 1.165) is 36.1 Å². The first kappa shape index (κ1) is 23.3. The second-order valence-electron chi connectivity index (χ2n) is 7.79. The van der Waals surface area contributed by atoms with Gasteiger partial charge < -0.3 is 22.5 Å². The van der Waals surface area contributed by atoms with E-state index in [1.165, 1.54) is 0 Å². The number of unbranched alkanes of at least 4 members (excludes halogenated alkanes) is 1. The van der Waals surface area contributed by atoms with Crippen molar-refractivity contribution >= 4 is 35.0 Å². The highest BCUT2D eigenvalue weighted by molar-refractivity contribution is 6.30. The highest BCUT2D eigenvalue weighted by Crippen LogP contribution is 2.36. The zero-order valence-electron chi connectivity index (χ0n) is 18.1. The van der Waals surface area contributed by atoms with Crippen LogP contribution in [-0.4, -0.2) is 15.9 Å². The van der Waals surface area contributed by atoms with E-state index in [1.54, 1.807) is 0 Å². The lowest BCUT2D eigenvalue weighted by atomic mass is 9.89. The number of primary amides is 1. The zero-order valence-corrected chi connectivity index (χ0v) is 18.9. The molecular weight excluding hydrogens is 424 g/mol. The molecule has 1 amide bonds. The summed E-state index contributed by atoms with van der Waals surface area (Å²) in [7, 11) is 0. The average Bonchev–Trinajstić information content (AvgIpc) is 2.76. The molecule has 3 aromatic rings. The van der Waals surface area contributed by atoms with Crippen LogP contribution in [0.25, 0.3) is 11.1 Å². The predicted molar refractivity (Wildman–Crippen MR) is 131 cm³/mol. The molecular formula is C24H29ClN6O. The number of nitrogen functional groups attached to an aromatic ring is 2. The van der Waals surface area contributed by atoms with Crippen LogP contribution in [0, 0.1) is 0 Å². The van der Waals surface area contributed by atoms with Gasteiger partial charge in [0.15, 0.2) is 0 Å². The third-order valence-corrected chi connectivity index (χ3v) is 5.56. The van der Waals surface area contributed by atoms with Crippen molar-refractivity contribution in [1.82, 2.24) is 9.97 Å². The van der Waals surface area contributed by atoms with Crippen molar-refractivity contribution in [2.24, 2.45) is 5.73 Å². The fourth-order valence-electron chi connectivity index (χ4n) is 3.70. The summed E-state index contributed by atoms with van der Waals surface area (Å²) in [5.41, 5.74) is 22.0. The van der Waals surface area contributed by atoms with Crippen molar-refractivity contribution in [2.75, 3.05) is 16.8 Å². The molecule has 7 nitrogen and oxygen atoms in total. The maximum absolute atomic E-state index is 11.7. The number of anilines is 3. The summed E-state index contributed by atoms with van der Waals surface area (Å²) in [4.78, 5) is 20.4. The fourth-order valence-corrected chi connectivity index (χ4v) is 3.82. The van der Waals surface area contributed by atoms with E-state index < -0.39 is 0 Å². The lowest BCUT2D eigenvalue weighted by Gasteiger charge is -2.20. The van der Waals surface area contributed by atoms with Crippen LogP contribution in [0.3, 0.4) is 0 Å². The van der Waals surface area contributed by atoms with Gasteiger partial charge >= 0.3 is 0 Å². The summed E-state index contributed by atoms with van der Waals surface area (Å²) >= 11 is 5.94. The Hall–Kier alpha value is -3.32. The number of hydrogen-bond donors (Lipinski definition) is 4. The van der Waals surface area contributed by atoms with Crippen molar-refractivity contribution in [3.05, 3.63) is 64.8 Å². The number of amides is 1. The zero-order chi connectivity index (χ0) is 23.1. The van der Waals surface area contributed by atoms with E-state index in [9.17, 15) is 4.79 Å². The normalized spacial score (nSPS) is 11.8. The largest absolute Gasteiger partial charge is 0.383 e. The number of rotatable bonds is 10. The summed E-state index contributed by atoms with van der Waals surface area (Å²) in [6.45, 7) is 2.77. The van der Waals surface area contributed by atoms with Gasteiger partial charge in [0.25, 0.3) is 0 Å². The number of halogens is 1. The molecule has 0 saturated carbocycles. The minimum atomic E-state index is -0.380. The Morgan fingerprint density at radius 1 is 1.06 bits per heavy atom. The molecule has 1 atom stereocenters. The van der Waals surface area contributed by atoms with Crippen LogP contribution >= 0.6 is 11.6 Å². The van der Waals surface area contributed by atoms with Gasteiger partial charge in [-0.3, -0.25) is 4.79 Å². The van der Waals surface area contributed by atoms with Crippen LogP contribution in [0.15, 0.2) is 48.5 Å². The van der Waals surface area contributed by atoms with Gasteiger partial charge in [-0.2, -0.15) is 4.98 Å². The first-order chi connectivity index (χ1) is 15.4. The van der Waals surface area contributed by atoms with E-state index in [-0.39, 0.29) is 24.2 Å². The highest BCUT2D eigenvalue weighted by atomic mass is 35.5. The van der Waals surface area contributed by atoms with Gasteiger partial charge in [0.05, 0.1) is 5.69 Å². The van der Waals surface area contributed by atoms with Crippen LogP contribution in [0.2, 0.25) is 5.02 Å². The molecule has 7 N–H and O–H groups in total. The quantitative estimate of drug-likeness (QED) is 0.351. The van der Waals surface area contributed by atoms with Gasteiger partial charge in [-0.05, 0) is 41.8 Å². The van der Waals surface area contributed by atoms with E-state index >= 15 is 0 Å². The standard InChI is InChI=1S/C24H29ClN6O/c1-2-3-4-17(13-20(26)32)22-21(23(27)31-24(28)30-22)16-7-11-19(12-8-16)29-14-15-5-9-18(25)10-6-15/h5-12,17,29H,2-4,13-14H2,1H3,(H2,26,32)(H4,27,28,30,31). The van der Waals surface area contributed by atoms with Crippen molar-refractivity contribution in [1.29, 1.82) is 0 Å². The number of nitrogens with two attached hydrogens (primary N) is 3. The third-order valence-electron chi connectivity index (χ3n) is 5.31. The molecule has 8 heteroatoms. The molecule has 0 aliphatic rings. The SMILES string of the molecule is CCCCC(CC(N)=O)c1nc(N)nc(N)c1-c1ccc(NCc2ccc(Cl)cc2)cc1. The van der Waals surface area contributed by atoms with Crippen LogP contribution in [0.1, 0.15) is 49.8 Å². The third kappa shape index (κ3) is 6.11. The van der Waals surface area contributed by atoms with Crippen molar-refractivity contribution in [2.45, 2.75) is 45.1 Å². The smallest absolute Gasteiger partial charge is 0.222 e. The molecule has 0 aliphatic heterocycles. The molecule has 0 radical (unpaired) electrons. The number of carbonyl (C=O) groups excluding carboxylic acids is 1. The Bertz CT molecular complexity index is 1050. The van der Waals surface area contributed by atoms with Crippen molar-refractivity contribution < 1.29 is 4.79 Å². The molecule has 2 aromatic carbocycles. The predicted octanol–water partition coefficient (Wildman–Crippen LogP) is 4.72. The summed E-state index contributed by atoms with van der Waals surface area (Å²) in [6.07, 6.45) is 2.88. The van der Waals surface area contributed by atoms with Gasteiger partial charge in [-0.15, -0.1) is 0 Å². The second kappa shape index (κ2) is 10.8. The monoisotopic (exact) mass is 452 g/mol. The molecule has 0 saturated heterocycles. The molecule has 0 fully saturated rings. The summed E-state index contributed by atoms with van der Waals surface area (Å²) in [5, 5.41) is 4.10. The Labute approximate surface area is 193 Å². The first-order valence-corrected chi connectivity index (χ1v) is 11.0. The molecule has 0 spiro atoms. The second-order valence-corrected chi connectivity index (χ2v) is 8.23. The molecule has 1 unspecified atom stereocenters. The molecule has 3 rings (SSSR count). The van der Waals surface area contributed by atoms with Crippen LogP contribution < -0.4 is 22.5 Å². The maximum atomic E-state index is 11.7.